The third kappa shape index (κ3) is 2.89. The fourth-order valence-corrected chi connectivity index (χ4v) is 3.67. The molecule has 0 unspecified atom stereocenters. The van der Waals surface area contributed by atoms with Crippen LogP contribution in [0.1, 0.15) is 27.8 Å². The normalized spacial score (nSPS) is 11.0. The van der Waals surface area contributed by atoms with E-state index in [0.29, 0.717) is 50.1 Å². The third-order valence-corrected chi connectivity index (χ3v) is 5.23. The van der Waals surface area contributed by atoms with Gasteiger partial charge in [-0.2, -0.15) is 0 Å². The van der Waals surface area contributed by atoms with Crippen molar-refractivity contribution >= 4 is 0 Å². The molecule has 0 saturated heterocycles. The minimum absolute atomic E-state index is 0.167. The van der Waals surface area contributed by atoms with E-state index in [1.54, 1.807) is 58.9 Å². The summed E-state index contributed by atoms with van der Waals surface area (Å²) in [5.74, 6) is -1.07. The number of rotatable bonds is 2. The molecule has 28 heavy (non-hydrogen) atoms. The summed E-state index contributed by atoms with van der Waals surface area (Å²) in [6, 6.07) is 6.97. The van der Waals surface area contributed by atoms with E-state index in [2.05, 4.69) is 0 Å². The van der Waals surface area contributed by atoms with E-state index in [1.165, 1.54) is 0 Å². The maximum Gasteiger partial charge on any atom is 0.201 e. The van der Waals surface area contributed by atoms with Gasteiger partial charge >= 0.3 is 0 Å². The van der Waals surface area contributed by atoms with Gasteiger partial charge in [0.25, 0.3) is 0 Å². The van der Waals surface area contributed by atoms with Gasteiger partial charge < -0.3 is 25.5 Å². The van der Waals surface area contributed by atoms with Crippen LogP contribution in [0.2, 0.25) is 0 Å². The molecule has 0 aromatic heterocycles. The quantitative estimate of drug-likeness (QED) is 0.399. The minimum atomic E-state index is -0.591. The van der Waals surface area contributed by atoms with Crippen molar-refractivity contribution in [3.63, 3.8) is 0 Å². The lowest BCUT2D eigenvalue weighted by Gasteiger charge is -2.20. The molecule has 0 amide bonds. The van der Waals surface area contributed by atoms with Gasteiger partial charge in [-0.15, -0.1) is 0 Å². The fourth-order valence-electron chi connectivity index (χ4n) is 3.67. The Hall–Kier alpha value is -3.34. The highest BCUT2D eigenvalue weighted by atomic mass is 16.3. The standard InChI is InChI=1S/C23H24O5/c1-10-6-15(7-11(2)19(10)24)17-14(5)21(26)23(28)22(27)18(17)16-8-12(3)20(25)13(4)9-16/h6-9,24-28H,1-5H3. The lowest BCUT2D eigenvalue weighted by molar-refractivity contribution is 0.367. The van der Waals surface area contributed by atoms with E-state index in [0.717, 1.165) is 0 Å². The van der Waals surface area contributed by atoms with Crippen molar-refractivity contribution in [2.75, 3.05) is 0 Å². The van der Waals surface area contributed by atoms with Gasteiger partial charge in [-0.1, -0.05) is 0 Å². The molecule has 0 aliphatic heterocycles. The zero-order chi connectivity index (χ0) is 20.9. The first kappa shape index (κ1) is 19.4. The van der Waals surface area contributed by atoms with Crippen molar-refractivity contribution < 1.29 is 25.5 Å². The van der Waals surface area contributed by atoms with Crippen molar-refractivity contribution in [1.29, 1.82) is 0 Å². The van der Waals surface area contributed by atoms with Crippen LogP contribution >= 0.6 is 0 Å². The molecule has 5 nitrogen and oxygen atoms in total. The smallest absolute Gasteiger partial charge is 0.201 e. The molecule has 0 aliphatic rings. The van der Waals surface area contributed by atoms with E-state index in [4.69, 9.17) is 0 Å². The Bertz CT molecular complexity index is 978. The number of hydrogen-bond donors (Lipinski definition) is 5. The van der Waals surface area contributed by atoms with Crippen molar-refractivity contribution in [3.05, 3.63) is 52.1 Å². The molecular formula is C23H24O5. The number of phenols is 5. The Balaban J connectivity index is 2.47. The lowest BCUT2D eigenvalue weighted by atomic mass is 9.86. The zero-order valence-electron chi connectivity index (χ0n) is 16.5. The molecule has 5 N–H and O–H groups in total. The molecule has 0 radical (unpaired) electrons. The van der Waals surface area contributed by atoms with Gasteiger partial charge in [0.15, 0.2) is 11.5 Å². The molecule has 0 atom stereocenters. The van der Waals surface area contributed by atoms with Crippen LogP contribution in [0.4, 0.5) is 0 Å². The van der Waals surface area contributed by atoms with E-state index < -0.39 is 17.2 Å². The fraction of sp³-hybridized carbons (Fsp3) is 0.217. The van der Waals surface area contributed by atoms with Crippen molar-refractivity contribution in [1.82, 2.24) is 0 Å². The SMILES string of the molecule is Cc1cc(-c2c(C)c(O)c(O)c(O)c2-c2cc(C)c(O)c(C)c2)cc(C)c1O. The van der Waals surface area contributed by atoms with Gasteiger partial charge in [-0.25, -0.2) is 0 Å². The van der Waals surface area contributed by atoms with Crippen molar-refractivity contribution in [2.24, 2.45) is 0 Å². The Morgan fingerprint density at radius 2 is 0.786 bits per heavy atom. The summed E-state index contributed by atoms with van der Waals surface area (Å²) in [5.41, 5.74) is 5.16. The van der Waals surface area contributed by atoms with E-state index in [-0.39, 0.29) is 11.5 Å². The van der Waals surface area contributed by atoms with Crippen molar-refractivity contribution in [2.45, 2.75) is 34.6 Å². The van der Waals surface area contributed by atoms with Crippen LogP contribution < -0.4 is 0 Å². The second kappa shape index (κ2) is 6.68. The predicted molar refractivity (Wildman–Crippen MR) is 109 cm³/mol. The topological polar surface area (TPSA) is 101 Å². The molecular weight excluding hydrogens is 356 g/mol. The highest BCUT2D eigenvalue weighted by molar-refractivity contribution is 5.94. The van der Waals surface area contributed by atoms with Crippen LogP contribution in [0.25, 0.3) is 22.3 Å². The Morgan fingerprint density at radius 3 is 1.18 bits per heavy atom. The summed E-state index contributed by atoms with van der Waals surface area (Å²) >= 11 is 0. The molecule has 3 aromatic rings. The Morgan fingerprint density at radius 1 is 0.429 bits per heavy atom. The molecule has 0 heterocycles. The molecule has 146 valence electrons. The predicted octanol–water partition coefficient (Wildman–Crippen LogP) is 5.09. The summed E-state index contributed by atoms with van der Waals surface area (Å²) in [6.07, 6.45) is 0. The second-order valence-electron chi connectivity index (χ2n) is 7.34. The highest BCUT2D eigenvalue weighted by Gasteiger charge is 2.24. The van der Waals surface area contributed by atoms with Crippen LogP contribution in [-0.4, -0.2) is 25.5 Å². The summed E-state index contributed by atoms with van der Waals surface area (Å²) in [5, 5.41) is 51.6. The minimum Gasteiger partial charge on any atom is -0.507 e. The molecule has 0 aliphatic carbocycles. The van der Waals surface area contributed by atoms with Gasteiger partial charge in [0.05, 0.1) is 0 Å². The molecule has 5 heteroatoms. The Labute approximate surface area is 163 Å². The van der Waals surface area contributed by atoms with E-state index >= 15 is 0 Å². The number of benzene rings is 3. The monoisotopic (exact) mass is 380 g/mol. The molecule has 0 bridgehead atoms. The number of hydrogen-bond acceptors (Lipinski definition) is 5. The largest absolute Gasteiger partial charge is 0.507 e. The summed E-state index contributed by atoms with van der Waals surface area (Å²) in [6.45, 7) is 8.71. The molecule has 0 fully saturated rings. The zero-order valence-corrected chi connectivity index (χ0v) is 16.5. The second-order valence-corrected chi connectivity index (χ2v) is 7.34. The molecule has 0 spiro atoms. The molecule has 3 aromatic carbocycles. The van der Waals surface area contributed by atoms with Crippen LogP contribution in [0.15, 0.2) is 24.3 Å². The lowest BCUT2D eigenvalue weighted by Crippen LogP contribution is -1.95. The average Bonchev–Trinajstić information content (AvgIpc) is 2.64. The average molecular weight is 380 g/mol. The van der Waals surface area contributed by atoms with Gasteiger partial charge in [0.2, 0.25) is 5.75 Å². The van der Waals surface area contributed by atoms with Gasteiger partial charge in [0.1, 0.15) is 11.5 Å². The first-order valence-electron chi connectivity index (χ1n) is 8.93. The summed E-state index contributed by atoms with van der Waals surface area (Å²) in [4.78, 5) is 0. The van der Waals surface area contributed by atoms with Crippen molar-refractivity contribution in [3.8, 4) is 51.0 Å². The molecule has 3 rings (SSSR count). The Kier molecular flexibility index (Phi) is 4.63. The van der Waals surface area contributed by atoms with Crippen LogP contribution in [-0.2, 0) is 0 Å². The van der Waals surface area contributed by atoms with Crippen LogP contribution in [0, 0.1) is 34.6 Å². The van der Waals surface area contributed by atoms with Gasteiger partial charge in [-0.3, -0.25) is 0 Å². The number of aryl methyl sites for hydroxylation is 4. The van der Waals surface area contributed by atoms with Crippen LogP contribution in [0.3, 0.4) is 0 Å². The first-order valence-corrected chi connectivity index (χ1v) is 8.93. The number of phenolic OH excluding ortho intramolecular Hbond substituents is 5. The highest BCUT2D eigenvalue weighted by Crippen LogP contribution is 2.52. The number of aromatic hydroxyl groups is 5. The van der Waals surface area contributed by atoms with Crippen LogP contribution in [0.5, 0.6) is 28.7 Å². The van der Waals surface area contributed by atoms with E-state index in [1.807, 2.05) is 0 Å². The summed E-state index contributed by atoms with van der Waals surface area (Å²) in [7, 11) is 0. The van der Waals surface area contributed by atoms with E-state index in [9.17, 15) is 25.5 Å². The first-order chi connectivity index (χ1) is 13.0. The molecule has 0 saturated carbocycles. The van der Waals surface area contributed by atoms with Gasteiger partial charge in [0, 0.05) is 16.7 Å². The van der Waals surface area contributed by atoms with Gasteiger partial charge in [-0.05, 0) is 92.3 Å². The maximum atomic E-state index is 10.7. The summed E-state index contributed by atoms with van der Waals surface area (Å²) < 4.78 is 0. The third-order valence-electron chi connectivity index (χ3n) is 5.23. The maximum absolute atomic E-state index is 10.7.